The third-order valence-electron chi connectivity index (χ3n) is 8.24. The molecular weight excluding hydrogens is 464 g/mol. The van der Waals surface area contributed by atoms with Crippen molar-refractivity contribution in [3.8, 4) is 0 Å². The van der Waals surface area contributed by atoms with E-state index in [2.05, 4.69) is 64.6 Å². The lowest BCUT2D eigenvalue weighted by Crippen LogP contribution is -2.58. The molecule has 1 saturated carbocycles. The van der Waals surface area contributed by atoms with E-state index in [1.807, 2.05) is 6.92 Å². The molecule has 0 amide bonds. The number of hydrogen-bond acceptors (Lipinski definition) is 5. The molecule has 1 aromatic rings. The number of hydrogen-bond donors (Lipinski definition) is 1. The van der Waals surface area contributed by atoms with Crippen LogP contribution in [-0.2, 0) is 19.2 Å². The summed E-state index contributed by atoms with van der Waals surface area (Å²) in [6, 6.07) is 6.81. The zero-order valence-corrected chi connectivity index (χ0v) is 24.3. The molecule has 8 heteroatoms. The van der Waals surface area contributed by atoms with Gasteiger partial charge in [-0.15, -0.1) is 0 Å². The molecule has 6 nitrogen and oxygen atoms in total. The van der Waals surface area contributed by atoms with Crippen LogP contribution in [-0.4, -0.2) is 40.3 Å². The molecule has 0 bridgehead atoms. The van der Waals surface area contributed by atoms with Crippen molar-refractivity contribution in [2.45, 2.75) is 121 Å². The molecule has 2 aliphatic rings. The Kier molecular flexibility index (Phi) is 7.52. The molecule has 1 aliphatic heterocycles. The van der Waals surface area contributed by atoms with Gasteiger partial charge in [0.2, 0.25) is 0 Å². The maximum atomic E-state index is 12.8. The molecule has 0 spiro atoms. The number of ether oxygens (including phenoxy) is 1. The van der Waals surface area contributed by atoms with E-state index in [0.717, 1.165) is 43.4 Å². The van der Waals surface area contributed by atoms with E-state index in [1.165, 1.54) is 0 Å². The summed E-state index contributed by atoms with van der Waals surface area (Å²) in [5.41, 5.74) is 1.24. The standard InChI is InChI=1S/C26H44N2O4SSi/c1-19-13-15-20(16-14-19)33(29,30)28-27-21-11-10-12-23-26(21,7)18-17-22(31-23)25(5,6)32-34(8,9)24(2,3)4/h13-16,22-23,28H,10-12,17-18H2,1-9H3/b27-21+/t22-,23-,26-/m0/s1. The minimum absolute atomic E-state index is 0.00306. The van der Waals surface area contributed by atoms with Crippen LogP contribution in [0.1, 0.15) is 79.2 Å². The number of nitrogens with one attached hydrogen (secondary N) is 1. The fraction of sp³-hybridized carbons (Fsp3) is 0.731. The van der Waals surface area contributed by atoms with Crippen LogP contribution in [0.15, 0.2) is 34.3 Å². The summed E-state index contributed by atoms with van der Waals surface area (Å²) in [6.07, 6.45) is 4.43. The van der Waals surface area contributed by atoms with Crippen LogP contribution in [0.5, 0.6) is 0 Å². The summed E-state index contributed by atoms with van der Waals surface area (Å²) < 4.78 is 39.1. The second kappa shape index (κ2) is 9.34. The summed E-state index contributed by atoms with van der Waals surface area (Å²) in [7, 11) is -5.65. The molecule has 34 heavy (non-hydrogen) atoms. The second-order valence-electron chi connectivity index (χ2n) is 12.4. The number of sulfonamides is 1. The van der Waals surface area contributed by atoms with Gasteiger partial charge in [-0.3, -0.25) is 0 Å². The van der Waals surface area contributed by atoms with Crippen molar-refractivity contribution in [3.63, 3.8) is 0 Å². The Labute approximate surface area is 208 Å². The van der Waals surface area contributed by atoms with Gasteiger partial charge in [-0.1, -0.05) is 45.4 Å². The molecule has 3 rings (SSSR count). The first kappa shape index (κ1) is 27.4. The fourth-order valence-corrected chi connectivity index (χ4v) is 7.51. The zero-order valence-electron chi connectivity index (χ0n) is 22.5. The Morgan fingerprint density at radius 3 is 2.32 bits per heavy atom. The molecule has 2 fully saturated rings. The largest absolute Gasteiger partial charge is 0.409 e. The van der Waals surface area contributed by atoms with Crippen molar-refractivity contribution in [2.24, 2.45) is 10.5 Å². The minimum atomic E-state index is -3.70. The number of fused-ring (bicyclic) bond motifs is 1. The van der Waals surface area contributed by atoms with Crippen LogP contribution in [0, 0.1) is 12.3 Å². The Morgan fingerprint density at radius 1 is 1.12 bits per heavy atom. The fourth-order valence-electron chi connectivity index (χ4n) is 4.92. The van der Waals surface area contributed by atoms with E-state index in [1.54, 1.807) is 24.3 Å². The van der Waals surface area contributed by atoms with E-state index in [9.17, 15) is 8.42 Å². The quantitative estimate of drug-likeness (QED) is 0.368. The summed E-state index contributed by atoms with van der Waals surface area (Å²) >= 11 is 0. The lowest BCUT2D eigenvalue weighted by Gasteiger charge is -2.53. The predicted octanol–water partition coefficient (Wildman–Crippen LogP) is 6.17. The van der Waals surface area contributed by atoms with Gasteiger partial charge in [0.1, 0.15) is 0 Å². The molecule has 0 radical (unpaired) electrons. The second-order valence-corrected chi connectivity index (χ2v) is 18.8. The van der Waals surface area contributed by atoms with E-state index < -0.39 is 18.3 Å². The van der Waals surface area contributed by atoms with Gasteiger partial charge >= 0.3 is 0 Å². The van der Waals surface area contributed by atoms with Crippen LogP contribution in [0.25, 0.3) is 0 Å². The third-order valence-corrected chi connectivity index (χ3v) is 14.1. The summed E-state index contributed by atoms with van der Waals surface area (Å²) in [5.74, 6) is 0. The first-order valence-corrected chi connectivity index (χ1v) is 16.9. The van der Waals surface area contributed by atoms with Gasteiger partial charge in [0.05, 0.1) is 22.7 Å². The van der Waals surface area contributed by atoms with Crippen molar-refractivity contribution in [3.05, 3.63) is 29.8 Å². The number of hydrazone groups is 1. The monoisotopic (exact) mass is 508 g/mol. The van der Waals surface area contributed by atoms with Crippen LogP contribution in [0.3, 0.4) is 0 Å². The Hall–Kier alpha value is -1.22. The predicted molar refractivity (Wildman–Crippen MR) is 141 cm³/mol. The number of nitrogens with zero attached hydrogens (tertiary/aromatic N) is 1. The molecule has 3 atom stereocenters. The number of benzene rings is 1. The van der Waals surface area contributed by atoms with Crippen LogP contribution in [0.2, 0.25) is 18.1 Å². The lowest BCUT2D eigenvalue weighted by molar-refractivity contribution is -0.169. The Bertz CT molecular complexity index is 1010. The molecule has 192 valence electrons. The first-order valence-electron chi connectivity index (χ1n) is 12.5. The number of rotatable bonds is 6. The van der Waals surface area contributed by atoms with Gasteiger partial charge in [0, 0.05) is 11.1 Å². The van der Waals surface area contributed by atoms with Gasteiger partial charge in [0.15, 0.2) is 8.32 Å². The summed E-state index contributed by atoms with van der Waals surface area (Å²) in [5, 5.41) is 4.59. The van der Waals surface area contributed by atoms with Crippen molar-refractivity contribution in [1.29, 1.82) is 0 Å². The smallest absolute Gasteiger partial charge is 0.276 e. The molecule has 1 aliphatic carbocycles. The maximum Gasteiger partial charge on any atom is 0.276 e. The minimum Gasteiger partial charge on any atom is -0.409 e. The Morgan fingerprint density at radius 2 is 1.74 bits per heavy atom. The van der Waals surface area contributed by atoms with E-state index >= 15 is 0 Å². The first-order chi connectivity index (χ1) is 15.5. The van der Waals surface area contributed by atoms with Crippen molar-refractivity contribution < 1.29 is 17.6 Å². The van der Waals surface area contributed by atoms with Crippen molar-refractivity contribution >= 4 is 24.1 Å². The third kappa shape index (κ3) is 5.60. The van der Waals surface area contributed by atoms with Crippen LogP contribution >= 0.6 is 0 Å². The highest BCUT2D eigenvalue weighted by Gasteiger charge is 2.51. The topological polar surface area (TPSA) is 77.0 Å². The SMILES string of the molecule is Cc1ccc(S(=O)(=O)N/N=C2\CCC[C@@H]3O[C@H](C(C)(C)O[Si](C)(C)C(C)(C)C)CC[C@@]23C)cc1. The molecule has 1 saturated heterocycles. The van der Waals surface area contributed by atoms with Gasteiger partial charge in [0.25, 0.3) is 10.0 Å². The van der Waals surface area contributed by atoms with Gasteiger partial charge < -0.3 is 9.16 Å². The average molecular weight is 509 g/mol. The van der Waals surface area contributed by atoms with Crippen LogP contribution < -0.4 is 4.83 Å². The normalized spacial score (nSPS) is 28.0. The number of aryl methyl sites for hydroxylation is 1. The lowest BCUT2D eigenvalue weighted by atomic mass is 9.66. The van der Waals surface area contributed by atoms with E-state index in [4.69, 9.17) is 9.16 Å². The van der Waals surface area contributed by atoms with E-state index in [0.29, 0.717) is 0 Å². The average Bonchev–Trinajstić information content (AvgIpc) is 2.70. The van der Waals surface area contributed by atoms with E-state index in [-0.39, 0.29) is 33.2 Å². The van der Waals surface area contributed by atoms with Gasteiger partial charge in [-0.05, 0) is 83.1 Å². The molecule has 0 aromatic heterocycles. The summed E-state index contributed by atoms with van der Waals surface area (Å²) in [6.45, 7) is 19.8. The summed E-state index contributed by atoms with van der Waals surface area (Å²) in [4.78, 5) is 2.72. The highest BCUT2D eigenvalue weighted by atomic mass is 32.2. The maximum absolute atomic E-state index is 12.8. The molecular formula is C26H44N2O4SSi. The van der Waals surface area contributed by atoms with Gasteiger partial charge in [-0.25, -0.2) is 4.83 Å². The van der Waals surface area contributed by atoms with Gasteiger partial charge in [-0.2, -0.15) is 13.5 Å². The van der Waals surface area contributed by atoms with Crippen molar-refractivity contribution in [2.75, 3.05) is 0 Å². The highest BCUT2D eigenvalue weighted by molar-refractivity contribution is 7.89. The highest BCUT2D eigenvalue weighted by Crippen LogP contribution is 2.48. The molecule has 1 heterocycles. The Balaban J connectivity index is 1.76. The molecule has 1 aromatic carbocycles. The molecule has 1 N–H and O–H groups in total. The van der Waals surface area contributed by atoms with Crippen molar-refractivity contribution in [1.82, 2.24) is 4.83 Å². The molecule has 0 unspecified atom stereocenters. The van der Waals surface area contributed by atoms with Crippen LogP contribution in [0.4, 0.5) is 0 Å². The zero-order chi connectivity index (χ0) is 25.6.